The van der Waals surface area contributed by atoms with Gasteiger partial charge in [-0.1, -0.05) is 0 Å². The van der Waals surface area contributed by atoms with Gasteiger partial charge < -0.3 is 0 Å². The third-order valence-electron chi connectivity index (χ3n) is 1.63. The van der Waals surface area contributed by atoms with Crippen LogP contribution in [0.25, 0.3) is 0 Å². The molecule has 0 saturated heterocycles. The van der Waals surface area contributed by atoms with Gasteiger partial charge in [-0.05, 0) is 31.8 Å². The first-order valence-corrected chi connectivity index (χ1v) is 5.83. The Morgan fingerprint density at radius 2 is 2.00 bits per heavy atom. The fourth-order valence-corrected chi connectivity index (χ4v) is 3.42. The van der Waals surface area contributed by atoms with Crippen LogP contribution in [0.5, 0.6) is 0 Å². The molecule has 12 heavy (non-hydrogen) atoms. The Labute approximate surface area is 76.5 Å². The minimum absolute atomic E-state index is 0.426. The zero-order valence-corrected chi connectivity index (χ0v) is 8.84. The first-order valence-electron chi connectivity index (χ1n) is 3.47. The second-order valence-electron chi connectivity index (χ2n) is 2.51. The molecule has 0 aliphatic rings. The largest absolute Gasteiger partial charge is 0.241 e. The van der Waals surface area contributed by atoms with E-state index in [9.17, 15) is 8.42 Å². The van der Waals surface area contributed by atoms with Crippen LogP contribution in [0.3, 0.4) is 0 Å². The third kappa shape index (κ3) is 1.53. The van der Waals surface area contributed by atoms with Crippen molar-refractivity contribution in [2.45, 2.75) is 18.7 Å². The summed E-state index contributed by atoms with van der Waals surface area (Å²) in [5.41, 5.74) is 0.812. The van der Waals surface area contributed by atoms with Gasteiger partial charge in [0.25, 0.3) is 0 Å². The van der Waals surface area contributed by atoms with Gasteiger partial charge in [0.15, 0.2) is 0 Å². The fourth-order valence-electron chi connectivity index (χ4n) is 1.06. The first kappa shape index (κ1) is 9.70. The molecule has 3 nitrogen and oxygen atoms in total. The fraction of sp³-hybridized carbons (Fsp3) is 0.429. The van der Waals surface area contributed by atoms with Crippen LogP contribution in [0, 0.1) is 13.8 Å². The summed E-state index contributed by atoms with van der Waals surface area (Å²) in [4.78, 5) is 1.26. The summed E-state index contributed by atoms with van der Waals surface area (Å²) in [6.07, 6.45) is 0. The monoisotopic (exact) mass is 205 g/mol. The summed E-state index contributed by atoms with van der Waals surface area (Å²) in [5, 5.41) is 1.85. The third-order valence-corrected chi connectivity index (χ3v) is 4.49. The first-order chi connectivity index (χ1) is 5.49. The van der Waals surface area contributed by atoms with E-state index in [1.807, 2.05) is 12.3 Å². The molecule has 0 spiro atoms. The maximum Gasteiger partial charge on any atom is 0.241 e. The van der Waals surface area contributed by atoms with Crippen LogP contribution in [0.15, 0.2) is 10.3 Å². The Morgan fingerprint density at radius 3 is 2.33 bits per heavy atom. The van der Waals surface area contributed by atoms with Gasteiger partial charge in [-0.15, -0.1) is 11.3 Å². The smallest absolute Gasteiger partial charge is 0.214 e. The van der Waals surface area contributed by atoms with Crippen LogP contribution in [0.4, 0.5) is 0 Å². The van der Waals surface area contributed by atoms with Gasteiger partial charge in [0.1, 0.15) is 0 Å². The maximum absolute atomic E-state index is 11.4. The lowest BCUT2D eigenvalue weighted by Gasteiger charge is -2.01. The van der Waals surface area contributed by atoms with Crippen molar-refractivity contribution in [1.29, 1.82) is 0 Å². The highest BCUT2D eigenvalue weighted by molar-refractivity contribution is 7.89. The van der Waals surface area contributed by atoms with Crippen LogP contribution in [-0.4, -0.2) is 15.5 Å². The molecule has 0 aliphatic heterocycles. The Bertz CT molecular complexity index is 359. The predicted molar refractivity (Wildman–Crippen MR) is 50.0 cm³/mol. The highest BCUT2D eigenvalue weighted by Gasteiger charge is 2.18. The summed E-state index contributed by atoms with van der Waals surface area (Å²) in [6, 6.07) is 0. The Balaban J connectivity index is 3.37. The lowest BCUT2D eigenvalue weighted by atomic mass is 10.3. The van der Waals surface area contributed by atoms with E-state index in [2.05, 4.69) is 4.72 Å². The average Bonchev–Trinajstić information content (AvgIpc) is 2.31. The van der Waals surface area contributed by atoms with E-state index in [1.54, 1.807) is 6.92 Å². The number of aryl methyl sites for hydroxylation is 2. The summed E-state index contributed by atoms with van der Waals surface area (Å²) in [7, 11) is -1.83. The van der Waals surface area contributed by atoms with E-state index in [-0.39, 0.29) is 0 Å². The molecular weight excluding hydrogens is 194 g/mol. The van der Waals surface area contributed by atoms with E-state index in [4.69, 9.17) is 0 Å². The van der Waals surface area contributed by atoms with Gasteiger partial charge in [-0.3, -0.25) is 0 Å². The molecule has 1 heterocycles. The van der Waals surface area contributed by atoms with Gasteiger partial charge in [0.2, 0.25) is 10.0 Å². The van der Waals surface area contributed by atoms with E-state index >= 15 is 0 Å². The molecule has 0 radical (unpaired) electrons. The Hall–Kier alpha value is -0.390. The number of thiophene rings is 1. The maximum atomic E-state index is 11.4. The lowest BCUT2D eigenvalue weighted by molar-refractivity contribution is 0.587. The van der Waals surface area contributed by atoms with Gasteiger partial charge in [0, 0.05) is 4.88 Å². The summed E-state index contributed by atoms with van der Waals surface area (Å²) in [5.74, 6) is 0. The molecule has 0 aliphatic carbocycles. The highest BCUT2D eigenvalue weighted by Crippen LogP contribution is 2.24. The van der Waals surface area contributed by atoms with Crippen molar-refractivity contribution in [3.05, 3.63) is 15.8 Å². The molecule has 1 aromatic rings. The molecule has 0 unspecified atom stereocenters. The van der Waals surface area contributed by atoms with E-state index in [0.717, 1.165) is 10.4 Å². The van der Waals surface area contributed by atoms with Crippen LogP contribution < -0.4 is 4.72 Å². The van der Waals surface area contributed by atoms with Gasteiger partial charge in [-0.25, -0.2) is 13.1 Å². The Morgan fingerprint density at radius 1 is 1.42 bits per heavy atom. The molecule has 0 atom stereocenters. The quantitative estimate of drug-likeness (QED) is 0.790. The van der Waals surface area contributed by atoms with E-state index in [0.29, 0.717) is 4.90 Å². The van der Waals surface area contributed by atoms with Crippen molar-refractivity contribution in [2.24, 2.45) is 0 Å². The number of hydrogen-bond acceptors (Lipinski definition) is 3. The van der Waals surface area contributed by atoms with Crippen molar-refractivity contribution in [3.8, 4) is 0 Å². The highest BCUT2D eigenvalue weighted by atomic mass is 32.2. The summed E-state index contributed by atoms with van der Waals surface area (Å²) < 4.78 is 25.1. The van der Waals surface area contributed by atoms with Crippen molar-refractivity contribution in [3.63, 3.8) is 0 Å². The standard InChI is InChI=1S/C7H11NO2S2/c1-5-4-11-6(2)7(5)12(9,10)8-3/h4,8H,1-3H3. The van der Waals surface area contributed by atoms with Crippen LogP contribution >= 0.6 is 11.3 Å². The van der Waals surface area contributed by atoms with Gasteiger partial charge in [-0.2, -0.15) is 0 Å². The molecule has 0 aromatic carbocycles. The van der Waals surface area contributed by atoms with Crippen molar-refractivity contribution in [1.82, 2.24) is 4.72 Å². The number of nitrogens with one attached hydrogen (secondary N) is 1. The van der Waals surface area contributed by atoms with Crippen molar-refractivity contribution >= 4 is 21.4 Å². The second kappa shape index (κ2) is 3.16. The predicted octanol–water partition coefficient (Wildman–Crippen LogP) is 1.27. The minimum atomic E-state index is -3.26. The molecule has 0 saturated carbocycles. The van der Waals surface area contributed by atoms with Gasteiger partial charge >= 0.3 is 0 Å². The normalized spacial score (nSPS) is 11.9. The van der Waals surface area contributed by atoms with Crippen LogP contribution in [-0.2, 0) is 10.0 Å². The molecule has 1 aromatic heterocycles. The molecule has 0 bridgehead atoms. The molecule has 68 valence electrons. The second-order valence-corrected chi connectivity index (χ2v) is 5.42. The van der Waals surface area contributed by atoms with Gasteiger partial charge in [0.05, 0.1) is 4.90 Å². The average molecular weight is 205 g/mol. The SMILES string of the molecule is CNS(=O)(=O)c1c(C)csc1C. The zero-order valence-electron chi connectivity index (χ0n) is 7.21. The zero-order chi connectivity index (χ0) is 9.35. The number of rotatable bonds is 2. The van der Waals surface area contributed by atoms with Crippen molar-refractivity contribution < 1.29 is 8.42 Å². The van der Waals surface area contributed by atoms with E-state index < -0.39 is 10.0 Å². The summed E-state index contributed by atoms with van der Waals surface area (Å²) >= 11 is 1.45. The molecule has 0 fully saturated rings. The van der Waals surface area contributed by atoms with Crippen molar-refractivity contribution in [2.75, 3.05) is 7.05 Å². The number of sulfonamides is 1. The lowest BCUT2D eigenvalue weighted by Crippen LogP contribution is -2.19. The van der Waals surface area contributed by atoms with E-state index in [1.165, 1.54) is 18.4 Å². The van der Waals surface area contributed by atoms with Crippen LogP contribution in [0.2, 0.25) is 0 Å². The molecule has 1 rings (SSSR count). The molecule has 0 amide bonds. The molecule has 5 heteroatoms. The van der Waals surface area contributed by atoms with Crippen LogP contribution in [0.1, 0.15) is 10.4 Å². The molecule has 1 N–H and O–H groups in total. The summed E-state index contributed by atoms with van der Waals surface area (Å²) in [6.45, 7) is 3.61. The number of hydrogen-bond donors (Lipinski definition) is 1. The minimum Gasteiger partial charge on any atom is -0.214 e. The molecular formula is C7H11NO2S2. The Kier molecular flexibility index (Phi) is 2.55. The topological polar surface area (TPSA) is 46.2 Å².